The molecule has 0 aliphatic carbocycles. The van der Waals surface area contributed by atoms with Crippen molar-refractivity contribution in [2.24, 2.45) is 0 Å². The Morgan fingerprint density at radius 1 is 1.21 bits per heavy atom. The van der Waals surface area contributed by atoms with E-state index < -0.39 is 0 Å². The summed E-state index contributed by atoms with van der Waals surface area (Å²) in [5.74, 6) is -0.266. The molecule has 2 aromatic rings. The molecule has 1 heterocycles. The number of aromatic nitrogens is 2. The molecule has 0 aliphatic rings. The highest BCUT2D eigenvalue weighted by Crippen LogP contribution is 2.18. The molecule has 2 nitrogen and oxygen atoms in total. The summed E-state index contributed by atoms with van der Waals surface area (Å²) in [6.45, 7) is 0. The summed E-state index contributed by atoms with van der Waals surface area (Å²) >= 11 is 3.16. The predicted molar refractivity (Wildman–Crippen MR) is 55.1 cm³/mol. The Morgan fingerprint density at radius 3 is 2.79 bits per heavy atom. The topological polar surface area (TPSA) is 25.8 Å². The Hall–Kier alpha value is -1.29. The molecule has 0 N–H and O–H groups in total. The molecule has 0 aliphatic heterocycles. The summed E-state index contributed by atoms with van der Waals surface area (Å²) in [5.41, 5.74) is 1.44. The lowest BCUT2D eigenvalue weighted by atomic mass is 10.1. The van der Waals surface area contributed by atoms with Crippen molar-refractivity contribution in [1.29, 1.82) is 0 Å². The van der Waals surface area contributed by atoms with E-state index in [1.54, 1.807) is 24.4 Å². The van der Waals surface area contributed by atoms with E-state index in [9.17, 15) is 4.39 Å². The van der Waals surface area contributed by atoms with Gasteiger partial charge in [0.2, 0.25) is 0 Å². The third-order valence-electron chi connectivity index (χ3n) is 1.75. The van der Waals surface area contributed by atoms with Gasteiger partial charge < -0.3 is 0 Å². The van der Waals surface area contributed by atoms with Gasteiger partial charge in [-0.3, -0.25) is 0 Å². The molecule has 0 saturated carbocycles. The van der Waals surface area contributed by atoms with Crippen LogP contribution < -0.4 is 0 Å². The molecule has 4 heteroatoms. The van der Waals surface area contributed by atoms with Gasteiger partial charge in [0.05, 0.1) is 5.69 Å². The molecule has 0 radical (unpaired) electrons. The van der Waals surface area contributed by atoms with E-state index in [1.165, 1.54) is 12.1 Å². The second kappa shape index (κ2) is 3.84. The zero-order valence-electron chi connectivity index (χ0n) is 7.11. The molecular weight excluding hydrogens is 247 g/mol. The van der Waals surface area contributed by atoms with Gasteiger partial charge in [0.1, 0.15) is 5.82 Å². The van der Waals surface area contributed by atoms with E-state index in [-0.39, 0.29) is 5.82 Å². The molecule has 0 amide bonds. The lowest BCUT2D eigenvalue weighted by Crippen LogP contribution is -1.87. The third-order valence-corrected chi connectivity index (χ3v) is 2.13. The molecule has 0 atom stereocenters. The number of benzene rings is 1. The Morgan fingerprint density at radius 2 is 2.07 bits per heavy atom. The molecule has 70 valence electrons. The van der Waals surface area contributed by atoms with Crippen LogP contribution in [-0.2, 0) is 0 Å². The van der Waals surface area contributed by atoms with Crippen molar-refractivity contribution in [3.05, 3.63) is 47.1 Å². The van der Waals surface area contributed by atoms with E-state index in [1.807, 2.05) is 0 Å². The van der Waals surface area contributed by atoms with Crippen LogP contribution in [0.4, 0.5) is 4.39 Å². The molecule has 0 bridgehead atoms. The molecule has 2 rings (SSSR count). The number of rotatable bonds is 1. The molecule has 0 fully saturated rings. The molecule has 0 unspecified atom stereocenters. The number of hydrogen-bond donors (Lipinski definition) is 0. The van der Waals surface area contributed by atoms with Crippen LogP contribution in [0.25, 0.3) is 11.3 Å². The van der Waals surface area contributed by atoms with Crippen molar-refractivity contribution in [3.63, 3.8) is 0 Å². The van der Waals surface area contributed by atoms with E-state index in [0.29, 0.717) is 10.4 Å². The van der Waals surface area contributed by atoms with Gasteiger partial charge in [0.25, 0.3) is 0 Å². The average Bonchev–Trinajstić information content (AvgIpc) is 2.18. The monoisotopic (exact) mass is 252 g/mol. The fraction of sp³-hybridized carbons (Fsp3) is 0. The van der Waals surface area contributed by atoms with Gasteiger partial charge in [0.15, 0.2) is 4.73 Å². The molecular formula is C10H6BrFN2. The summed E-state index contributed by atoms with van der Waals surface area (Å²) in [6.07, 6.45) is 1.62. The zero-order chi connectivity index (χ0) is 9.97. The first-order chi connectivity index (χ1) is 6.75. The minimum atomic E-state index is -0.266. The fourth-order valence-corrected chi connectivity index (χ4v) is 1.45. The van der Waals surface area contributed by atoms with Crippen LogP contribution in [0.2, 0.25) is 0 Å². The van der Waals surface area contributed by atoms with Crippen LogP contribution in [0.3, 0.4) is 0 Å². The van der Waals surface area contributed by atoms with Gasteiger partial charge in [0, 0.05) is 11.8 Å². The maximum absolute atomic E-state index is 12.9. The highest BCUT2D eigenvalue weighted by Gasteiger charge is 2.00. The van der Waals surface area contributed by atoms with Crippen LogP contribution in [0.1, 0.15) is 0 Å². The van der Waals surface area contributed by atoms with Crippen LogP contribution in [-0.4, -0.2) is 9.97 Å². The van der Waals surface area contributed by atoms with Gasteiger partial charge in [-0.2, -0.15) is 0 Å². The average molecular weight is 253 g/mol. The molecule has 0 spiro atoms. The standard InChI is InChI=1S/C10H6BrFN2/c11-10-13-5-4-9(14-10)7-2-1-3-8(12)6-7/h1-6H. The van der Waals surface area contributed by atoms with Crippen LogP contribution in [0.5, 0.6) is 0 Å². The van der Waals surface area contributed by atoms with Crippen molar-refractivity contribution in [3.8, 4) is 11.3 Å². The number of hydrogen-bond acceptors (Lipinski definition) is 2. The number of halogens is 2. The van der Waals surface area contributed by atoms with Gasteiger partial charge in [-0.1, -0.05) is 12.1 Å². The first kappa shape index (κ1) is 9.27. The minimum Gasteiger partial charge on any atom is -0.231 e. The molecule has 1 aromatic carbocycles. The minimum absolute atomic E-state index is 0.266. The maximum atomic E-state index is 12.9. The largest absolute Gasteiger partial charge is 0.231 e. The van der Waals surface area contributed by atoms with Crippen molar-refractivity contribution in [2.75, 3.05) is 0 Å². The van der Waals surface area contributed by atoms with Crippen LogP contribution in [0, 0.1) is 5.82 Å². The highest BCUT2D eigenvalue weighted by atomic mass is 79.9. The summed E-state index contributed by atoms with van der Waals surface area (Å²) < 4.78 is 13.4. The smallest absolute Gasteiger partial charge is 0.197 e. The first-order valence-electron chi connectivity index (χ1n) is 4.00. The van der Waals surface area contributed by atoms with Gasteiger partial charge in [-0.15, -0.1) is 0 Å². The summed E-state index contributed by atoms with van der Waals surface area (Å²) in [6, 6.07) is 8.03. The summed E-state index contributed by atoms with van der Waals surface area (Å²) in [7, 11) is 0. The fourth-order valence-electron chi connectivity index (χ4n) is 1.14. The highest BCUT2D eigenvalue weighted by molar-refractivity contribution is 9.10. The molecule has 14 heavy (non-hydrogen) atoms. The van der Waals surface area contributed by atoms with Crippen LogP contribution in [0.15, 0.2) is 41.3 Å². The summed E-state index contributed by atoms with van der Waals surface area (Å²) in [4.78, 5) is 8.02. The first-order valence-corrected chi connectivity index (χ1v) is 4.79. The number of nitrogens with zero attached hydrogens (tertiary/aromatic N) is 2. The Labute approximate surface area is 89.0 Å². The van der Waals surface area contributed by atoms with Crippen LogP contribution >= 0.6 is 15.9 Å². The second-order valence-corrected chi connectivity index (χ2v) is 3.43. The Balaban J connectivity index is 2.49. The van der Waals surface area contributed by atoms with E-state index in [2.05, 4.69) is 25.9 Å². The molecule has 0 saturated heterocycles. The zero-order valence-corrected chi connectivity index (χ0v) is 8.70. The van der Waals surface area contributed by atoms with E-state index >= 15 is 0 Å². The molecule has 1 aromatic heterocycles. The van der Waals surface area contributed by atoms with Crippen molar-refractivity contribution >= 4 is 15.9 Å². The second-order valence-electron chi connectivity index (χ2n) is 2.72. The van der Waals surface area contributed by atoms with Crippen molar-refractivity contribution in [2.45, 2.75) is 0 Å². The normalized spacial score (nSPS) is 10.1. The predicted octanol–water partition coefficient (Wildman–Crippen LogP) is 3.05. The quantitative estimate of drug-likeness (QED) is 0.730. The van der Waals surface area contributed by atoms with Crippen molar-refractivity contribution < 1.29 is 4.39 Å². The SMILES string of the molecule is Fc1cccc(-c2ccnc(Br)n2)c1. The maximum Gasteiger partial charge on any atom is 0.197 e. The van der Waals surface area contributed by atoms with E-state index in [4.69, 9.17) is 0 Å². The Bertz CT molecular complexity index is 416. The Kier molecular flexibility index (Phi) is 2.54. The summed E-state index contributed by atoms with van der Waals surface area (Å²) in [5, 5.41) is 0. The van der Waals surface area contributed by atoms with Gasteiger partial charge in [-0.05, 0) is 34.1 Å². The van der Waals surface area contributed by atoms with Crippen molar-refractivity contribution in [1.82, 2.24) is 9.97 Å². The third kappa shape index (κ3) is 1.96. The lowest BCUT2D eigenvalue weighted by Gasteiger charge is -2.00. The van der Waals surface area contributed by atoms with Gasteiger partial charge >= 0.3 is 0 Å². The lowest BCUT2D eigenvalue weighted by molar-refractivity contribution is 0.628. The van der Waals surface area contributed by atoms with Gasteiger partial charge in [-0.25, -0.2) is 14.4 Å². The van der Waals surface area contributed by atoms with E-state index in [0.717, 1.165) is 5.56 Å².